The molecule has 7 nitrogen and oxygen atoms in total. The van der Waals surface area contributed by atoms with E-state index < -0.39 is 5.97 Å². The van der Waals surface area contributed by atoms with Crippen molar-refractivity contribution < 1.29 is 14.7 Å². The molecule has 8 heteroatoms. The molecule has 0 bridgehead atoms. The van der Waals surface area contributed by atoms with Crippen LogP contribution in [0.25, 0.3) is 5.69 Å². The quantitative estimate of drug-likeness (QED) is 0.695. The highest BCUT2D eigenvalue weighted by Crippen LogP contribution is 2.27. The summed E-state index contributed by atoms with van der Waals surface area (Å²) in [6.45, 7) is 0.712. The average molecular weight is 427 g/mol. The predicted molar refractivity (Wildman–Crippen MR) is 101 cm³/mol. The zero-order valence-corrected chi connectivity index (χ0v) is 15.8. The highest BCUT2D eigenvalue weighted by atomic mass is 79.9. The van der Waals surface area contributed by atoms with Crippen molar-refractivity contribution in [3.05, 3.63) is 75.8 Å². The van der Waals surface area contributed by atoms with Crippen LogP contribution in [0, 0.1) is 0 Å². The van der Waals surface area contributed by atoms with Crippen LogP contribution in [0.5, 0.6) is 0 Å². The van der Waals surface area contributed by atoms with E-state index in [9.17, 15) is 14.7 Å². The van der Waals surface area contributed by atoms with Gasteiger partial charge in [-0.1, -0.05) is 15.9 Å². The van der Waals surface area contributed by atoms with Crippen LogP contribution in [-0.4, -0.2) is 43.2 Å². The van der Waals surface area contributed by atoms with Gasteiger partial charge in [-0.2, -0.15) is 5.10 Å². The Morgan fingerprint density at radius 3 is 2.44 bits per heavy atom. The summed E-state index contributed by atoms with van der Waals surface area (Å²) < 4.78 is 2.60. The molecule has 3 heterocycles. The van der Waals surface area contributed by atoms with Crippen LogP contribution in [0.2, 0.25) is 0 Å². The number of benzene rings is 1. The molecule has 0 spiro atoms. The minimum atomic E-state index is -1.10. The van der Waals surface area contributed by atoms with Gasteiger partial charge in [0, 0.05) is 41.0 Å². The number of carboxylic acids is 1. The van der Waals surface area contributed by atoms with Gasteiger partial charge >= 0.3 is 5.97 Å². The number of rotatable bonds is 3. The minimum absolute atomic E-state index is 0.0138. The van der Waals surface area contributed by atoms with Gasteiger partial charge in [0.25, 0.3) is 5.91 Å². The summed E-state index contributed by atoms with van der Waals surface area (Å²) >= 11 is 3.39. The number of nitrogens with zero attached hydrogens (tertiary/aromatic N) is 4. The summed E-state index contributed by atoms with van der Waals surface area (Å²) in [5, 5.41) is 13.9. The van der Waals surface area contributed by atoms with E-state index in [0.717, 1.165) is 15.9 Å². The molecule has 1 N–H and O–H groups in total. The molecule has 1 aromatic carbocycles. The molecule has 1 aliphatic heterocycles. The molecule has 0 saturated heterocycles. The van der Waals surface area contributed by atoms with E-state index in [1.165, 1.54) is 0 Å². The average Bonchev–Trinajstić information content (AvgIpc) is 3.08. The first-order valence-electron chi connectivity index (χ1n) is 8.34. The molecule has 0 saturated carbocycles. The lowest BCUT2D eigenvalue weighted by Gasteiger charge is -2.27. The molecule has 0 unspecified atom stereocenters. The lowest BCUT2D eigenvalue weighted by Crippen LogP contribution is -2.36. The first kappa shape index (κ1) is 17.4. The van der Waals surface area contributed by atoms with Crippen molar-refractivity contribution in [1.82, 2.24) is 19.7 Å². The molecule has 0 radical (unpaired) electrons. The summed E-state index contributed by atoms with van der Waals surface area (Å²) in [6, 6.07) is 10.8. The van der Waals surface area contributed by atoms with Gasteiger partial charge < -0.3 is 10.0 Å². The maximum Gasteiger partial charge on any atom is 0.356 e. The normalized spacial score (nSPS) is 13.3. The van der Waals surface area contributed by atoms with Crippen LogP contribution in [0.15, 0.2) is 53.3 Å². The first-order chi connectivity index (χ1) is 13.0. The fraction of sp³-hybridized carbons (Fsp3) is 0.158. The summed E-state index contributed by atoms with van der Waals surface area (Å²) in [4.78, 5) is 30.0. The fourth-order valence-corrected chi connectivity index (χ4v) is 3.50. The van der Waals surface area contributed by atoms with E-state index in [1.807, 2.05) is 24.3 Å². The number of aromatic nitrogens is 3. The van der Waals surface area contributed by atoms with Gasteiger partial charge in [0.05, 0.1) is 17.9 Å². The van der Waals surface area contributed by atoms with Crippen molar-refractivity contribution >= 4 is 27.8 Å². The van der Waals surface area contributed by atoms with Crippen LogP contribution >= 0.6 is 15.9 Å². The fourth-order valence-electron chi connectivity index (χ4n) is 3.24. The molecule has 0 atom stereocenters. The summed E-state index contributed by atoms with van der Waals surface area (Å²) in [5.74, 6) is -1.24. The van der Waals surface area contributed by atoms with Crippen LogP contribution in [-0.2, 0) is 13.0 Å². The largest absolute Gasteiger partial charge is 0.476 e. The van der Waals surface area contributed by atoms with Crippen LogP contribution in [0.3, 0.4) is 0 Å². The minimum Gasteiger partial charge on any atom is -0.476 e. The Bertz CT molecular complexity index is 1020. The summed E-state index contributed by atoms with van der Waals surface area (Å²) in [5.41, 5.74) is 2.72. The van der Waals surface area contributed by atoms with E-state index in [1.54, 1.807) is 34.1 Å². The number of hydrogen-bond donors (Lipinski definition) is 1. The smallest absolute Gasteiger partial charge is 0.356 e. The third-order valence-corrected chi connectivity index (χ3v) is 5.07. The van der Waals surface area contributed by atoms with E-state index in [4.69, 9.17) is 0 Å². The molecular weight excluding hydrogens is 412 g/mol. The molecule has 3 aromatic rings. The molecule has 1 aliphatic rings. The standard InChI is InChI=1S/C19H15BrN4O3/c20-13-1-3-14(4-2-13)24-16-7-10-23(11-15(16)17(22-24)19(26)27)18(25)12-5-8-21-9-6-12/h1-6,8-9H,7,10-11H2,(H,26,27). The van der Waals surface area contributed by atoms with Crippen LogP contribution in [0.1, 0.15) is 32.1 Å². The number of amides is 1. The number of halogens is 1. The van der Waals surface area contributed by atoms with Crippen molar-refractivity contribution in [2.75, 3.05) is 6.54 Å². The first-order valence-corrected chi connectivity index (χ1v) is 9.13. The molecule has 2 aromatic heterocycles. The van der Waals surface area contributed by atoms with E-state index in [-0.39, 0.29) is 18.1 Å². The number of fused-ring (bicyclic) bond motifs is 1. The second kappa shape index (κ2) is 6.96. The van der Waals surface area contributed by atoms with Crippen molar-refractivity contribution in [2.24, 2.45) is 0 Å². The number of carbonyl (C=O) groups excluding carboxylic acids is 1. The van der Waals surface area contributed by atoms with Gasteiger partial charge in [0.2, 0.25) is 0 Å². The molecule has 0 aliphatic carbocycles. The Hall–Kier alpha value is -3.00. The van der Waals surface area contributed by atoms with Gasteiger partial charge in [-0.3, -0.25) is 9.78 Å². The van der Waals surface area contributed by atoms with Crippen LogP contribution in [0.4, 0.5) is 0 Å². The lowest BCUT2D eigenvalue weighted by atomic mass is 10.0. The Kier molecular flexibility index (Phi) is 4.49. The van der Waals surface area contributed by atoms with Gasteiger partial charge in [0.1, 0.15) is 0 Å². The Morgan fingerprint density at radius 2 is 1.78 bits per heavy atom. The van der Waals surface area contributed by atoms with Crippen molar-refractivity contribution in [3.8, 4) is 5.69 Å². The highest BCUT2D eigenvalue weighted by Gasteiger charge is 2.30. The number of hydrogen-bond acceptors (Lipinski definition) is 4. The third kappa shape index (κ3) is 3.23. The van der Waals surface area contributed by atoms with E-state index >= 15 is 0 Å². The predicted octanol–water partition coefficient (Wildman–Crippen LogP) is 2.93. The topological polar surface area (TPSA) is 88.3 Å². The molecular formula is C19H15BrN4O3. The number of carbonyl (C=O) groups is 2. The summed E-state index contributed by atoms with van der Waals surface area (Å²) in [7, 11) is 0. The van der Waals surface area contributed by atoms with Gasteiger partial charge in [-0.25, -0.2) is 9.48 Å². The Morgan fingerprint density at radius 1 is 1.07 bits per heavy atom. The third-order valence-electron chi connectivity index (χ3n) is 4.55. The van der Waals surface area contributed by atoms with Crippen molar-refractivity contribution in [1.29, 1.82) is 0 Å². The van der Waals surface area contributed by atoms with Crippen molar-refractivity contribution in [2.45, 2.75) is 13.0 Å². The number of pyridine rings is 1. The molecule has 27 heavy (non-hydrogen) atoms. The number of carboxylic acid groups (broad SMARTS) is 1. The molecule has 4 rings (SSSR count). The maximum absolute atomic E-state index is 12.7. The second-order valence-electron chi connectivity index (χ2n) is 6.18. The van der Waals surface area contributed by atoms with Crippen LogP contribution < -0.4 is 0 Å². The molecule has 1 amide bonds. The zero-order valence-electron chi connectivity index (χ0n) is 14.2. The van der Waals surface area contributed by atoms with Crippen molar-refractivity contribution in [3.63, 3.8) is 0 Å². The Balaban J connectivity index is 1.71. The monoisotopic (exact) mass is 426 g/mol. The molecule has 136 valence electrons. The number of aromatic carboxylic acids is 1. The second-order valence-corrected chi connectivity index (χ2v) is 7.10. The summed E-state index contributed by atoms with van der Waals surface area (Å²) in [6.07, 6.45) is 3.66. The Labute approximate surface area is 163 Å². The lowest BCUT2D eigenvalue weighted by molar-refractivity contribution is 0.0674. The van der Waals surface area contributed by atoms with Gasteiger partial charge in [0.15, 0.2) is 5.69 Å². The maximum atomic E-state index is 12.7. The highest BCUT2D eigenvalue weighted by molar-refractivity contribution is 9.10. The van der Waals surface area contributed by atoms with Gasteiger partial charge in [-0.05, 0) is 36.4 Å². The van der Waals surface area contributed by atoms with E-state index in [2.05, 4.69) is 26.0 Å². The SMILES string of the molecule is O=C(O)c1nn(-c2ccc(Br)cc2)c2c1CN(C(=O)c1ccncc1)CC2. The van der Waals surface area contributed by atoms with E-state index in [0.29, 0.717) is 24.1 Å². The molecule has 0 fully saturated rings. The van der Waals surface area contributed by atoms with Gasteiger partial charge in [-0.15, -0.1) is 0 Å². The zero-order chi connectivity index (χ0) is 19.0.